The molecule has 0 aliphatic rings. The maximum absolute atomic E-state index is 11.9. The number of Topliss-reactive ketones (excluding diaryl/α,β-unsaturated/α-hetero) is 2. The number of aromatic amines is 1. The van der Waals surface area contributed by atoms with Gasteiger partial charge in [-0.15, -0.1) is 5.10 Å². The number of carbonyl (C=O) groups excluding carboxylic acids is 2. The van der Waals surface area contributed by atoms with Crippen LogP contribution in [-0.4, -0.2) is 26.7 Å². The van der Waals surface area contributed by atoms with Crippen LogP contribution in [0.25, 0.3) is 11.3 Å². The number of ketones is 2. The van der Waals surface area contributed by atoms with Crippen LogP contribution in [0.3, 0.4) is 0 Å². The molecule has 2 heterocycles. The Bertz CT molecular complexity index is 761. The second-order valence-corrected chi connectivity index (χ2v) is 4.44. The largest absolute Gasteiger partial charge is 0.464 e. The Kier molecular flexibility index (Phi) is 3.42. The second kappa shape index (κ2) is 5.54. The quantitative estimate of drug-likeness (QED) is 0.571. The lowest BCUT2D eigenvalue weighted by Gasteiger charge is -1.94. The Hall–Kier alpha value is -3.02. The van der Waals surface area contributed by atoms with E-state index < -0.39 is 11.6 Å². The lowest BCUT2D eigenvalue weighted by Crippen LogP contribution is -2.17. The summed E-state index contributed by atoms with van der Waals surface area (Å²) in [6.07, 6.45) is 2.70. The highest BCUT2D eigenvalue weighted by atomic mass is 16.3. The van der Waals surface area contributed by atoms with E-state index in [1.807, 2.05) is 30.3 Å². The van der Waals surface area contributed by atoms with Gasteiger partial charge in [0.2, 0.25) is 11.6 Å². The monoisotopic (exact) mass is 281 g/mol. The van der Waals surface area contributed by atoms with Crippen molar-refractivity contribution in [1.29, 1.82) is 0 Å². The highest BCUT2D eigenvalue weighted by molar-refractivity contribution is 6.43. The van der Waals surface area contributed by atoms with Gasteiger partial charge in [-0.3, -0.25) is 14.7 Å². The molecule has 0 aliphatic carbocycles. The average Bonchev–Trinajstić information content (AvgIpc) is 3.19. The molecule has 0 fully saturated rings. The van der Waals surface area contributed by atoms with Gasteiger partial charge in [0.1, 0.15) is 12.1 Å². The average molecular weight is 281 g/mol. The van der Waals surface area contributed by atoms with Crippen LogP contribution in [0, 0.1) is 0 Å². The molecule has 6 heteroatoms. The third-order valence-electron chi connectivity index (χ3n) is 2.95. The van der Waals surface area contributed by atoms with Gasteiger partial charge in [-0.25, -0.2) is 4.98 Å². The predicted octanol–water partition coefficient (Wildman–Crippen LogP) is 2.06. The molecule has 0 spiro atoms. The molecule has 104 valence electrons. The van der Waals surface area contributed by atoms with E-state index in [1.165, 1.54) is 12.6 Å². The van der Waals surface area contributed by atoms with Crippen molar-refractivity contribution >= 4 is 11.6 Å². The molecular weight excluding hydrogens is 270 g/mol. The second-order valence-electron chi connectivity index (χ2n) is 4.44. The van der Waals surface area contributed by atoms with Gasteiger partial charge in [-0.1, -0.05) is 30.3 Å². The maximum Gasteiger partial charge on any atom is 0.267 e. The zero-order valence-corrected chi connectivity index (χ0v) is 10.9. The number of carbonyl (C=O) groups is 2. The molecule has 0 radical (unpaired) electrons. The molecule has 0 unspecified atom stereocenters. The molecule has 1 N–H and O–H groups in total. The van der Waals surface area contributed by atoms with Crippen LogP contribution in [-0.2, 0) is 11.2 Å². The number of H-pyrrole nitrogens is 1. The molecule has 3 rings (SSSR count). The van der Waals surface area contributed by atoms with Gasteiger partial charge in [0.15, 0.2) is 0 Å². The van der Waals surface area contributed by atoms with Gasteiger partial charge < -0.3 is 4.42 Å². The maximum atomic E-state index is 11.9. The molecular formula is C15H11N3O3. The third-order valence-corrected chi connectivity index (χ3v) is 2.95. The first kappa shape index (κ1) is 13.0. The Morgan fingerprint density at radius 2 is 2.00 bits per heavy atom. The molecule has 0 amide bonds. The highest BCUT2D eigenvalue weighted by Gasteiger charge is 2.20. The van der Waals surface area contributed by atoms with Crippen LogP contribution in [0.2, 0.25) is 0 Å². The molecule has 2 aromatic heterocycles. The van der Waals surface area contributed by atoms with Gasteiger partial charge in [-0.2, -0.15) is 0 Å². The minimum Gasteiger partial charge on any atom is -0.464 e. The van der Waals surface area contributed by atoms with Crippen LogP contribution >= 0.6 is 0 Å². The number of hydrogen-bond acceptors (Lipinski definition) is 5. The highest BCUT2D eigenvalue weighted by Crippen LogP contribution is 2.22. The van der Waals surface area contributed by atoms with Crippen molar-refractivity contribution in [2.24, 2.45) is 0 Å². The van der Waals surface area contributed by atoms with E-state index in [2.05, 4.69) is 15.2 Å². The summed E-state index contributed by atoms with van der Waals surface area (Å²) < 4.78 is 5.42. The molecule has 0 bridgehead atoms. The Morgan fingerprint density at radius 1 is 1.19 bits per heavy atom. The van der Waals surface area contributed by atoms with Crippen molar-refractivity contribution in [3.63, 3.8) is 0 Å². The fraction of sp³-hybridized carbons (Fsp3) is 0.0667. The molecule has 3 aromatic rings. The number of aromatic nitrogens is 3. The standard InChI is InChI=1S/C15H11N3O3/c19-12(14(20)15-16-9-17-18-15)6-10-7-13(21-8-10)11-4-2-1-3-5-11/h1-5,7-9H,6H2,(H,16,17,18). The summed E-state index contributed by atoms with van der Waals surface area (Å²) >= 11 is 0. The summed E-state index contributed by atoms with van der Waals surface area (Å²) in [6, 6.07) is 11.3. The van der Waals surface area contributed by atoms with Crippen molar-refractivity contribution in [2.45, 2.75) is 6.42 Å². The van der Waals surface area contributed by atoms with Gasteiger partial charge in [-0.05, 0) is 11.6 Å². The first-order chi connectivity index (χ1) is 10.2. The lowest BCUT2D eigenvalue weighted by atomic mass is 10.1. The summed E-state index contributed by atoms with van der Waals surface area (Å²) in [4.78, 5) is 27.3. The summed E-state index contributed by atoms with van der Waals surface area (Å²) in [6.45, 7) is 0. The molecule has 21 heavy (non-hydrogen) atoms. The first-order valence-corrected chi connectivity index (χ1v) is 6.30. The van der Waals surface area contributed by atoms with Crippen molar-refractivity contribution < 1.29 is 14.0 Å². The minimum atomic E-state index is -0.710. The summed E-state index contributed by atoms with van der Waals surface area (Å²) in [7, 11) is 0. The zero-order chi connectivity index (χ0) is 14.7. The van der Waals surface area contributed by atoms with Crippen LogP contribution in [0.1, 0.15) is 16.2 Å². The van der Waals surface area contributed by atoms with Crippen molar-refractivity contribution in [3.8, 4) is 11.3 Å². The number of nitrogens with zero attached hydrogens (tertiary/aromatic N) is 2. The van der Waals surface area contributed by atoms with E-state index >= 15 is 0 Å². The van der Waals surface area contributed by atoms with Gasteiger partial charge in [0.05, 0.1) is 6.26 Å². The van der Waals surface area contributed by atoms with E-state index in [1.54, 1.807) is 6.07 Å². The molecule has 0 saturated heterocycles. The predicted molar refractivity (Wildman–Crippen MR) is 73.6 cm³/mol. The molecule has 1 aromatic carbocycles. The number of benzene rings is 1. The SMILES string of the molecule is O=C(Cc1coc(-c2ccccc2)c1)C(=O)c1nc[nH]n1. The van der Waals surface area contributed by atoms with Crippen molar-refractivity contribution in [3.05, 3.63) is 60.4 Å². The smallest absolute Gasteiger partial charge is 0.267 e. The van der Waals surface area contributed by atoms with Gasteiger partial charge in [0.25, 0.3) is 5.78 Å². The Labute approximate surface area is 119 Å². The lowest BCUT2D eigenvalue weighted by molar-refractivity contribution is -0.114. The van der Waals surface area contributed by atoms with E-state index in [0.29, 0.717) is 11.3 Å². The van der Waals surface area contributed by atoms with E-state index in [4.69, 9.17) is 4.42 Å². The molecule has 0 aliphatic heterocycles. The van der Waals surface area contributed by atoms with E-state index in [-0.39, 0.29) is 12.2 Å². The van der Waals surface area contributed by atoms with Crippen LogP contribution in [0.4, 0.5) is 0 Å². The first-order valence-electron chi connectivity index (χ1n) is 6.30. The fourth-order valence-electron chi connectivity index (χ4n) is 1.93. The van der Waals surface area contributed by atoms with Crippen molar-refractivity contribution in [2.75, 3.05) is 0 Å². The minimum absolute atomic E-state index is 0.0380. The number of furan rings is 1. The van der Waals surface area contributed by atoms with Gasteiger partial charge >= 0.3 is 0 Å². The number of rotatable bonds is 5. The summed E-state index contributed by atoms with van der Waals surface area (Å²) in [5, 5.41) is 6.00. The molecule has 6 nitrogen and oxygen atoms in total. The van der Waals surface area contributed by atoms with Crippen LogP contribution in [0.15, 0.2) is 53.4 Å². The van der Waals surface area contributed by atoms with E-state index in [0.717, 1.165) is 5.56 Å². The van der Waals surface area contributed by atoms with Gasteiger partial charge in [0, 0.05) is 12.0 Å². The van der Waals surface area contributed by atoms with Crippen LogP contribution < -0.4 is 0 Å². The molecule has 0 atom stereocenters. The Balaban J connectivity index is 1.73. The topological polar surface area (TPSA) is 88.9 Å². The van der Waals surface area contributed by atoms with E-state index in [9.17, 15) is 9.59 Å². The summed E-state index contributed by atoms with van der Waals surface area (Å²) in [5.41, 5.74) is 1.55. The number of nitrogens with one attached hydrogen (secondary N) is 1. The number of hydrogen-bond donors (Lipinski definition) is 1. The summed E-state index contributed by atoms with van der Waals surface area (Å²) in [5.74, 6) is -0.746. The zero-order valence-electron chi connectivity index (χ0n) is 10.9. The third kappa shape index (κ3) is 2.79. The van der Waals surface area contributed by atoms with Crippen LogP contribution in [0.5, 0.6) is 0 Å². The Morgan fingerprint density at radius 3 is 2.71 bits per heavy atom. The van der Waals surface area contributed by atoms with Crippen molar-refractivity contribution in [1.82, 2.24) is 15.2 Å². The normalized spacial score (nSPS) is 10.5. The molecule has 0 saturated carbocycles. The fourth-order valence-corrected chi connectivity index (χ4v) is 1.93.